The Balaban J connectivity index is 2.07. The van der Waals surface area contributed by atoms with Crippen LogP contribution in [0.1, 0.15) is 40.2 Å². The van der Waals surface area contributed by atoms with Crippen molar-refractivity contribution >= 4 is 17.7 Å². The molecule has 1 N–H and O–H groups in total. The Morgan fingerprint density at radius 1 is 1.19 bits per heavy atom. The van der Waals surface area contributed by atoms with E-state index in [1.807, 2.05) is 24.3 Å². The van der Waals surface area contributed by atoms with Crippen LogP contribution in [0.3, 0.4) is 0 Å². The molecule has 2 aromatic rings. The van der Waals surface area contributed by atoms with Crippen LogP contribution in [-0.4, -0.2) is 40.1 Å². The molecule has 0 fully saturated rings. The minimum atomic E-state index is 0.0277. The fourth-order valence-electron chi connectivity index (χ4n) is 2.46. The second-order valence-corrected chi connectivity index (χ2v) is 7.76. The summed E-state index contributed by atoms with van der Waals surface area (Å²) in [6.07, 6.45) is 0.986. The molecular weight excluding hydrogens is 348 g/mol. The van der Waals surface area contributed by atoms with Gasteiger partial charge in [-0.3, -0.25) is 9.36 Å². The van der Waals surface area contributed by atoms with Crippen LogP contribution >= 0.6 is 11.8 Å². The second-order valence-electron chi connectivity index (χ2n) is 6.82. The summed E-state index contributed by atoms with van der Waals surface area (Å²) in [5.41, 5.74) is 0.972. The van der Waals surface area contributed by atoms with Crippen LogP contribution in [0.5, 0.6) is 5.75 Å². The molecule has 1 aromatic carbocycles. The molecule has 0 aliphatic rings. The highest BCUT2D eigenvalue weighted by molar-refractivity contribution is 7.99. The third-order valence-electron chi connectivity index (χ3n) is 3.91. The maximum absolute atomic E-state index is 12.0. The number of nitrogens with zero attached hydrogens (tertiary/aromatic N) is 3. The zero-order chi connectivity index (χ0) is 19.1. The minimum Gasteiger partial charge on any atom is -0.497 e. The molecule has 0 saturated carbocycles. The zero-order valence-corrected chi connectivity index (χ0v) is 17.0. The summed E-state index contributed by atoms with van der Waals surface area (Å²) in [6.45, 7) is 9.18. The lowest BCUT2D eigenvalue weighted by atomic mass is 10.1. The normalized spacial score (nSPS) is 11.2. The molecule has 0 radical (unpaired) electrons. The number of amides is 1. The van der Waals surface area contributed by atoms with Crippen LogP contribution < -0.4 is 10.1 Å². The largest absolute Gasteiger partial charge is 0.497 e. The fourth-order valence-corrected chi connectivity index (χ4v) is 3.36. The topological polar surface area (TPSA) is 69.0 Å². The third kappa shape index (κ3) is 5.49. The van der Waals surface area contributed by atoms with E-state index in [1.54, 1.807) is 7.11 Å². The van der Waals surface area contributed by atoms with Crippen molar-refractivity contribution in [1.82, 2.24) is 20.1 Å². The molecule has 142 valence electrons. The SMILES string of the molecule is COc1ccc(-c2nnc(SCC(=O)NCCC(C)C)n2C(C)C)cc1. The monoisotopic (exact) mass is 376 g/mol. The standard InChI is InChI=1S/C19H28N4O2S/c1-13(2)10-11-20-17(24)12-26-19-22-21-18(23(19)14(3)4)15-6-8-16(25-5)9-7-15/h6-9,13-14H,10-12H2,1-5H3,(H,20,24). The number of rotatable bonds is 9. The van der Waals surface area contributed by atoms with Crippen molar-refractivity contribution < 1.29 is 9.53 Å². The van der Waals surface area contributed by atoms with Crippen LogP contribution in [0, 0.1) is 5.92 Å². The maximum atomic E-state index is 12.0. The molecule has 1 heterocycles. The van der Waals surface area contributed by atoms with E-state index >= 15 is 0 Å². The first kappa shape index (κ1) is 20.3. The highest BCUT2D eigenvalue weighted by Crippen LogP contribution is 2.28. The number of carbonyl (C=O) groups is 1. The van der Waals surface area contributed by atoms with Crippen LogP contribution in [0.25, 0.3) is 11.4 Å². The summed E-state index contributed by atoms with van der Waals surface area (Å²) in [7, 11) is 1.65. The Labute approximate surface area is 159 Å². The van der Waals surface area contributed by atoms with E-state index in [-0.39, 0.29) is 11.9 Å². The van der Waals surface area contributed by atoms with Crippen LogP contribution in [0.4, 0.5) is 0 Å². The van der Waals surface area contributed by atoms with Crippen molar-refractivity contribution in [2.75, 3.05) is 19.4 Å². The molecule has 2 rings (SSSR count). The Hall–Kier alpha value is -2.02. The number of nitrogens with one attached hydrogen (secondary N) is 1. The number of thioether (sulfide) groups is 1. The molecule has 6 nitrogen and oxygen atoms in total. The Morgan fingerprint density at radius 2 is 1.88 bits per heavy atom. The molecule has 0 aliphatic carbocycles. The van der Waals surface area contributed by atoms with Gasteiger partial charge in [0.15, 0.2) is 11.0 Å². The van der Waals surface area contributed by atoms with Gasteiger partial charge < -0.3 is 10.1 Å². The van der Waals surface area contributed by atoms with Gasteiger partial charge in [0.05, 0.1) is 12.9 Å². The smallest absolute Gasteiger partial charge is 0.230 e. The Morgan fingerprint density at radius 3 is 2.46 bits per heavy atom. The average Bonchev–Trinajstić information content (AvgIpc) is 3.04. The number of aromatic nitrogens is 3. The highest BCUT2D eigenvalue weighted by Gasteiger charge is 2.17. The lowest BCUT2D eigenvalue weighted by Gasteiger charge is -2.14. The first-order chi connectivity index (χ1) is 12.4. The molecule has 26 heavy (non-hydrogen) atoms. The molecule has 1 aromatic heterocycles. The number of benzene rings is 1. The number of carbonyl (C=O) groups excluding carboxylic acids is 1. The number of methoxy groups -OCH3 is 1. The third-order valence-corrected chi connectivity index (χ3v) is 4.85. The van der Waals surface area contributed by atoms with Crippen molar-refractivity contribution in [1.29, 1.82) is 0 Å². The minimum absolute atomic E-state index is 0.0277. The van der Waals surface area contributed by atoms with Gasteiger partial charge in [-0.05, 0) is 50.5 Å². The molecule has 0 bridgehead atoms. The van der Waals surface area contributed by atoms with Gasteiger partial charge >= 0.3 is 0 Å². The van der Waals surface area contributed by atoms with Crippen molar-refractivity contribution in [2.45, 2.75) is 45.3 Å². The van der Waals surface area contributed by atoms with Crippen LogP contribution in [0.2, 0.25) is 0 Å². The Kier molecular flexibility index (Phi) is 7.50. The number of hydrogen-bond acceptors (Lipinski definition) is 5. The van der Waals surface area contributed by atoms with Gasteiger partial charge in [0.1, 0.15) is 5.75 Å². The number of ether oxygens (including phenoxy) is 1. The summed E-state index contributed by atoms with van der Waals surface area (Å²) >= 11 is 1.42. The Bertz CT molecular complexity index is 711. The molecule has 0 aliphatic heterocycles. The summed E-state index contributed by atoms with van der Waals surface area (Å²) in [5.74, 6) is 2.55. The molecule has 0 unspecified atom stereocenters. The van der Waals surface area contributed by atoms with Crippen molar-refractivity contribution in [3.63, 3.8) is 0 Å². The van der Waals surface area contributed by atoms with E-state index in [0.29, 0.717) is 18.2 Å². The van der Waals surface area contributed by atoms with E-state index in [9.17, 15) is 4.79 Å². The van der Waals surface area contributed by atoms with Crippen LogP contribution in [-0.2, 0) is 4.79 Å². The van der Waals surface area contributed by atoms with Crippen molar-refractivity contribution in [3.05, 3.63) is 24.3 Å². The van der Waals surface area contributed by atoms with Gasteiger partial charge in [-0.15, -0.1) is 10.2 Å². The first-order valence-corrected chi connectivity index (χ1v) is 9.89. The molecule has 0 spiro atoms. The van der Waals surface area contributed by atoms with Crippen molar-refractivity contribution in [3.8, 4) is 17.1 Å². The highest BCUT2D eigenvalue weighted by atomic mass is 32.2. The van der Waals surface area contributed by atoms with Gasteiger partial charge in [-0.25, -0.2) is 0 Å². The van der Waals surface area contributed by atoms with Crippen molar-refractivity contribution in [2.24, 2.45) is 5.92 Å². The van der Waals surface area contributed by atoms with Gasteiger partial charge in [0.2, 0.25) is 5.91 Å². The van der Waals surface area contributed by atoms with Gasteiger partial charge in [0, 0.05) is 18.2 Å². The predicted molar refractivity (Wildman–Crippen MR) is 106 cm³/mol. The lowest BCUT2D eigenvalue weighted by Crippen LogP contribution is -2.27. The molecule has 1 amide bonds. The summed E-state index contributed by atoms with van der Waals surface area (Å²) < 4.78 is 7.27. The maximum Gasteiger partial charge on any atom is 0.230 e. The quantitative estimate of drug-likeness (QED) is 0.674. The predicted octanol–water partition coefficient (Wildman–Crippen LogP) is 3.79. The van der Waals surface area contributed by atoms with Gasteiger partial charge in [-0.1, -0.05) is 25.6 Å². The average molecular weight is 377 g/mol. The summed E-state index contributed by atoms with van der Waals surface area (Å²) in [4.78, 5) is 12.0. The van der Waals surface area contributed by atoms with Crippen LogP contribution in [0.15, 0.2) is 29.4 Å². The second kappa shape index (κ2) is 9.62. The molecule has 0 atom stereocenters. The van der Waals surface area contributed by atoms with E-state index in [4.69, 9.17) is 4.74 Å². The summed E-state index contributed by atoms with van der Waals surface area (Å²) in [6, 6.07) is 7.94. The summed E-state index contributed by atoms with van der Waals surface area (Å²) in [5, 5.41) is 12.4. The lowest BCUT2D eigenvalue weighted by molar-refractivity contribution is -0.118. The fraction of sp³-hybridized carbons (Fsp3) is 0.526. The number of hydrogen-bond donors (Lipinski definition) is 1. The van der Waals surface area contributed by atoms with Gasteiger partial charge in [-0.2, -0.15) is 0 Å². The van der Waals surface area contributed by atoms with E-state index in [1.165, 1.54) is 11.8 Å². The van der Waals surface area contributed by atoms with E-state index in [2.05, 4.69) is 47.8 Å². The molecule has 7 heteroatoms. The molecule has 0 saturated heterocycles. The van der Waals surface area contributed by atoms with E-state index < -0.39 is 0 Å². The van der Waals surface area contributed by atoms with Gasteiger partial charge in [0.25, 0.3) is 0 Å². The van der Waals surface area contributed by atoms with E-state index in [0.717, 1.165) is 28.7 Å². The zero-order valence-electron chi connectivity index (χ0n) is 16.2. The molecular formula is C19H28N4O2S. The first-order valence-electron chi connectivity index (χ1n) is 8.91.